The van der Waals surface area contributed by atoms with Crippen LogP contribution in [0.4, 0.5) is 11.4 Å². The van der Waals surface area contributed by atoms with Gasteiger partial charge in [-0.05, 0) is 18.2 Å². The summed E-state index contributed by atoms with van der Waals surface area (Å²) in [4.78, 5) is -0.277. The lowest BCUT2D eigenvalue weighted by atomic mass is 10.3. The standard InChI is InChI=1S/C11H13N3O5S2/c1-12-10-4-3-9(20(2,15)16)5-11(10)21(17,18)14-8-6-13-19-7-8/h3-7,12,14H,1-2H3. The molecule has 1 heterocycles. The van der Waals surface area contributed by atoms with Crippen LogP contribution in [0.3, 0.4) is 0 Å². The van der Waals surface area contributed by atoms with E-state index in [9.17, 15) is 16.8 Å². The Bertz CT molecular complexity index is 842. The number of nitrogens with one attached hydrogen (secondary N) is 2. The molecule has 21 heavy (non-hydrogen) atoms. The highest BCUT2D eigenvalue weighted by Crippen LogP contribution is 2.26. The second kappa shape index (κ2) is 5.37. The highest BCUT2D eigenvalue weighted by atomic mass is 32.2. The normalized spacial score (nSPS) is 12.1. The van der Waals surface area contributed by atoms with Crippen molar-refractivity contribution in [3.05, 3.63) is 30.7 Å². The predicted octanol–water partition coefficient (Wildman–Crippen LogP) is 0.921. The lowest BCUT2D eigenvalue weighted by Crippen LogP contribution is -2.15. The Morgan fingerprint density at radius 3 is 2.43 bits per heavy atom. The van der Waals surface area contributed by atoms with Crippen LogP contribution < -0.4 is 10.0 Å². The third-order valence-electron chi connectivity index (χ3n) is 2.62. The largest absolute Gasteiger partial charge is 0.387 e. The number of nitrogens with zero attached hydrogens (tertiary/aromatic N) is 1. The molecule has 10 heteroatoms. The Morgan fingerprint density at radius 1 is 1.19 bits per heavy atom. The van der Waals surface area contributed by atoms with Crippen LogP contribution in [0.15, 0.2) is 45.0 Å². The summed E-state index contributed by atoms with van der Waals surface area (Å²) in [6.45, 7) is 0. The Balaban J connectivity index is 2.55. The van der Waals surface area contributed by atoms with Crippen molar-refractivity contribution in [2.75, 3.05) is 23.3 Å². The van der Waals surface area contributed by atoms with Crippen LogP contribution in [-0.4, -0.2) is 35.3 Å². The van der Waals surface area contributed by atoms with Gasteiger partial charge in [0.25, 0.3) is 10.0 Å². The number of benzene rings is 1. The SMILES string of the molecule is CNc1ccc(S(C)(=O)=O)cc1S(=O)(=O)Nc1cnoc1. The molecule has 0 saturated heterocycles. The van der Waals surface area contributed by atoms with E-state index in [1.165, 1.54) is 25.4 Å². The van der Waals surface area contributed by atoms with Crippen molar-refractivity contribution >= 4 is 31.2 Å². The van der Waals surface area contributed by atoms with Gasteiger partial charge < -0.3 is 9.84 Å². The number of rotatable bonds is 5. The highest BCUT2D eigenvalue weighted by Gasteiger charge is 2.22. The van der Waals surface area contributed by atoms with Crippen LogP contribution in [0.1, 0.15) is 0 Å². The molecule has 0 unspecified atom stereocenters. The van der Waals surface area contributed by atoms with Gasteiger partial charge >= 0.3 is 0 Å². The molecule has 0 aliphatic rings. The van der Waals surface area contributed by atoms with Crippen molar-refractivity contribution in [3.63, 3.8) is 0 Å². The molecule has 0 saturated carbocycles. The zero-order valence-corrected chi connectivity index (χ0v) is 12.8. The maximum Gasteiger partial charge on any atom is 0.264 e. The van der Waals surface area contributed by atoms with Gasteiger partial charge in [0, 0.05) is 13.3 Å². The molecule has 0 spiro atoms. The number of sulfonamides is 1. The van der Waals surface area contributed by atoms with E-state index in [2.05, 4.69) is 19.7 Å². The average Bonchev–Trinajstić information content (AvgIpc) is 2.89. The van der Waals surface area contributed by atoms with Gasteiger partial charge in [0.1, 0.15) is 16.8 Å². The maximum atomic E-state index is 12.3. The minimum Gasteiger partial charge on any atom is -0.387 e. The van der Waals surface area contributed by atoms with Crippen LogP contribution in [0.5, 0.6) is 0 Å². The van der Waals surface area contributed by atoms with E-state index >= 15 is 0 Å². The summed E-state index contributed by atoms with van der Waals surface area (Å²) in [5.74, 6) is 0. The first-order valence-corrected chi connectivity index (χ1v) is 9.05. The first kappa shape index (κ1) is 15.3. The van der Waals surface area contributed by atoms with E-state index in [0.717, 1.165) is 18.6 Å². The molecule has 0 amide bonds. The number of hydrogen-bond donors (Lipinski definition) is 2. The molecule has 2 N–H and O–H groups in total. The Kier molecular flexibility index (Phi) is 3.92. The third kappa shape index (κ3) is 3.34. The first-order chi connectivity index (χ1) is 9.74. The van der Waals surface area contributed by atoms with Gasteiger partial charge in [-0.15, -0.1) is 0 Å². The molecule has 0 fully saturated rings. The van der Waals surface area contributed by atoms with Crippen LogP contribution >= 0.6 is 0 Å². The molecule has 0 radical (unpaired) electrons. The number of sulfone groups is 1. The fourth-order valence-electron chi connectivity index (χ4n) is 1.63. The topological polar surface area (TPSA) is 118 Å². The maximum absolute atomic E-state index is 12.3. The number of aromatic nitrogens is 1. The van der Waals surface area contributed by atoms with E-state index in [1.807, 2.05) is 0 Å². The predicted molar refractivity (Wildman–Crippen MR) is 76.4 cm³/mol. The summed E-state index contributed by atoms with van der Waals surface area (Å²) in [6.07, 6.45) is 3.32. The van der Waals surface area contributed by atoms with Gasteiger partial charge in [0.2, 0.25) is 0 Å². The summed E-state index contributed by atoms with van der Waals surface area (Å²) in [6, 6.07) is 3.81. The molecular formula is C11H13N3O5S2. The van der Waals surface area contributed by atoms with E-state index < -0.39 is 19.9 Å². The Labute approximate surface area is 122 Å². The summed E-state index contributed by atoms with van der Waals surface area (Å²) in [5.41, 5.74) is 0.410. The Hall–Kier alpha value is -2.07. The summed E-state index contributed by atoms with van der Waals surface area (Å²) in [5, 5.41) is 6.09. The molecule has 2 aromatic rings. The average molecular weight is 331 g/mol. The van der Waals surface area contributed by atoms with E-state index in [4.69, 9.17) is 0 Å². The fraction of sp³-hybridized carbons (Fsp3) is 0.182. The van der Waals surface area contributed by atoms with Crippen LogP contribution in [-0.2, 0) is 19.9 Å². The van der Waals surface area contributed by atoms with Crippen molar-refractivity contribution in [3.8, 4) is 0 Å². The molecule has 1 aromatic carbocycles. The number of anilines is 2. The molecular weight excluding hydrogens is 318 g/mol. The minimum atomic E-state index is -3.99. The van der Waals surface area contributed by atoms with E-state index in [0.29, 0.717) is 0 Å². The van der Waals surface area contributed by atoms with Crippen molar-refractivity contribution in [2.24, 2.45) is 0 Å². The molecule has 0 bridgehead atoms. The van der Waals surface area contributed by atoms with Crippen LogP contribution in [0.2, 0.25) is 0 Å². The summed E-state index contributed by atoms with van der Waals surface area (Å²) < 4.78 is 54.6. The lowest BCUT2D eigenvalue weighted by molar-refractivity contribution is 0.420. The summed E-state index contributed by atoms with van der Waals surface area (Å²) >= 11 is 0. The first-order valence-electron chi connectivity index (χ1n) is 5.68. The molecule has 114 valence electrons. The van der Waals surface area contributed by atoms with Crippen molar-refractivity contribution in [1.29, 1.82) is 0 Å². The lowest BCUT2D eigenvalue weighted by Gasteiger charge is -2.12. The summed E-state index contributed by atoms with van der Waals surface area (Å²) in [7, 11) is -5.97. The van der Waals surface area contributed by atoms with E-state index in [-0.39, 0.29) is 21.2 Å². The quantitative estimate of drug-likeness (QED) is 0.836. The third-order valence-corrected chi connectivity index (χ3v) is 5.16. The molecule has 0 aliphatic heterocycles. The molecule has 8 nitrogen and oxygen atoms in total. The van der Waals surface area contributed by atoms with Crippen LogP contribution in [0.25, 0.3) is 0 Å². The van der Waals surface area contributed by atoms with E-state index in [1.54, 1.807) is 0 Å². The van der Waals surface area contributed by atoms with Gasteiger partial charge in [0.05, 0.1) is 16.8 Å². The fourth-order valence-corrected chi connectivity index (χ4v) is 3.61. The monoisotopic (exact) mass is 331 g/mol. The Morgan fingerprint density at radius 2 is 1.90 bits per heavy atom. The molecule has 0 aliphatic carbocycles. The van der Waals surface area contributed by atoms with Crippen LogP contribution in [0, 0.1) is 0 Å². The smallest absolute Gasteiger partial charge is 0.264 e. The van der Waals surface area contributed by atoms with Crippen molar-refractivity contribution in [1.82, 2.24) is 5.16 Å². The molecule has 0 atom stereocenters. The van der Waals surface area contributed by atoms with Gasteiger partial charge in [-0.3, -0.25) is 4.72 Å². The molecule has 1 aromatic heterocycles. The number of hydrogen-bond acceptors (Lipinski definition) is 7. The van der Waals surface area contributed by atoms with Crippen molar-refractivity contribution in [2.45, 2.75) is 9.79 Å². The second-order valence-corrected chi connectivity index (χ2v) is 7.87. The zero-order chi connectivity index (χ0) is 15.7. The van der Waals surface area contributed by atoms with Gasteiger partial charge in [-0.1, -0.05) is 5.16 Å². The highest BCUT2D eigenvalue weighted by molar-refractivity contribution is 7.93. The molecule has 2 rings (SSSR count). The van der Waals surface area contributed by atoms with Gasteiger partial charge in [-0.25, -0.2) is 16.8 Å². The second-order valence-electron chi connectivity index (χ2n) is 4.20. The zero-order valence-electron chi connectivity index (χ0n) is 11.2. The minimum absolute atomic E-state index is 0.0906. The van der Waals surface area contributed by atoms with Gasteiger partial charge in [-0.2, -0.15) is 0 Å². The van der Waals surface area contributed by atoms with Gasteiger partial charge in [0.15, 0.2) is 9.84 Å². The van der Waals surface area contributed by atoms with Crippen molar-refractivity contribution < 1.29 is 21.4 Å².